The number of hydrogen-bond donors (Lipinski definition) is 0. The zero-order valence-electron chi connectivity index (χ0n) is 36.4. The molecule has 8 aromatic carbocycles. The molecule has 10 rings (SSSR count). The van der Waals surface area contributed by atoms with Crippen LogP contribution >= 0.6 is 0 Å². The van der Waals surface area contributed by atoms with Gasteiger partial charge >= 0.3 is 0 Å². The highest BCUT2D eigenvalue weighted by molar-refractivity contribution is 6.90. The van der Waals surface area contributed by atoms with E-state index in [1.54, 1.807) is 0 Å². The van der Waals surface area contributed by atoms with E-state index in [1.165, 1.54) is 108 Å². The van der Waals surface area contributed by atoms with E-state index >= 15 is 0 Å². The zero-order valence-corrected chi connectivity index (χ0v) is 40.4. The van der Waals surface area contributed by atoms with Crippen LogP contribution in [0, 0.1) is 0 Å². The maximum absolute atomic E-state index is 2.57. The van der Waals surface area contributed by atoms with Gasteiger partial charge in [-0.25, -0.2) is 0 Å². The molecular formula is C52H56N2Si4. The Kier molecular flexibility index (Phi) is 8.02. The highest BCUT2D eigenvalue weighted by atomic mass is 28.3. The smallest absolute Gasteiger partial charge is 0.0776 e. The topological polar surface area (TPSA) is 9.86 Å². The lowest BCUT2D eigenvalue weighted by molar-refractivity contribution is 1.20. The van der Waals surface area contributed by atoms with Gasteiger partial charge in [-0.05, 0) is 57.9 Å². The fraction of sp³-hybridized carbons (Fsp3) is 0.231. The minimum atomic E-state index is -1.53. The summed E-state index contributed by atoms with van der Waals surface area (Å²) in [7, 11) is -6.12. The summed E-state index contributed by atoms with van der Waals surface area (Å²) in [5.41, 5.74) is 7.68. The molecule has 2 heterocycles. The van der Waals surface area contributed by atoms with Crippen LogP contribution < -0.4 is 20.7 Å². The summed E-state index contributed by atoms with van der Waals surface area (Å²) in [4.78, 5) is 0. The summed E-state index contributed by atoms with van der Waals surface area (Å²) < 4.78 is 5.14. The first-order chi connectivity index (χ1) is 27.3. The first-order valence-electron chi connectivity index (χ1n) is 21.2. The zero-order chi connectivity index (χ0) is 40.8. The fourth-order valence-corrected chi connectivity index (χ4v) is 14.2. The van der Waals surface area contributed by atoms with Crippen LogP contribution in [0.1, 0.15) is 0 Å². The highest BCUT2D eigenvalue weighted by Crippen LogP contribution is 2.43. The summed E-state index contributed by atoms with van der Waals surface area (Å²) in [6, 6.07) is 48.4. The van der Waals surface area contributed by atoms with E-state index in [4.69, 9.17) is 0 Å². The molecular weight excluding hydrogens is 765 g/mol. The van der Waals surface area contributed by atoms with Crippen molar-refractivity contribution in [2.24, 2.45) is 0 Å². The molecule has 0 N–H and O–H groups in total. The normalized spacial score (nSPS) is 13.5. The molecule has 0 bridgehead atoms. The third kappa shape index (κ3) is 5.66. The van der Waals surface area contributed by atoms with Crippen LogP contribution in [0.4, 0.5) is 0 Å². The number of rotatable bonds is 6. The van der Waals surface area contributed by atoms with E-state index in [1.807, 2.05) is 0 Å². The standard InChI is InChI=1S/C52H56N2Si4/c1-55(2,3)35-17-25-47-41(29-35)42-30-36(56(4,5)6)18-26-48(42)53(47)45-23-15-33-14-22-40-46(24-16-34-13-21-39(45)51(33)52(34)40)54-49-27-19-37(57(7,8)9)31-43(49)44-32-38(58(10,11)12)20-28-50(44)54/h13-32H,1-12H3. The lowest BCUT2D eigenvalue weighted by Gasteiger charge is -2.20. The molecule has 10 aromatic rings. The van der Waals surface area contributed by atoms with Gasteiger partial charge in [-0.1, -0.05) is 184 Å². The van der Waals surface area contributed by atoms with Gasteiger partial charge in [0.1, 0.15) is 0 Å². The minimum absolute atomic E-state index is 1.25. The van der Waals surface area contributed by atoms with Crippen LogP contribution in [0.5, 0.6) is 0 Å². The average Bonchev–Trinajstić information content (AvgIpc) is 3.66. The van der Waals surface area contributed by atoms with Crippen LogP contribution in [0.3, 0.4) is 0 Å². The second kappa shape index (κ2) is 12.4. The highest BCUT2D eigenvalue weighted by Gasteiger charge is 2.26. The van der Waals surface area contributed by atoms with Crippen molar-refractivity contribution in [2.75, 3.05) is 0 Å². The van der Waals surface area contributed by atoms with Crippen LogP contribution in [0.25, 0.3) is 87.3 Å². The van der Waals surface area contributed by atoms with E-state index in [-0.39, 0.29) is 0 Å². The molecule has 0 amide bonds. The van der Waals surface area contributed by atoms with Crippen molar-refractivity contribution in [3.63, 3.8) is 0 Å². The summed E-state index contributed by atoms with van der Waals surface area (Å²) >= 11 is 0. The molecule has 0 aliphatic rings. The van der Waals surface area contributed by atoms with Gasteiger partial charge in [-0.2, -0.15) is 0 Å². The Labute approximate surface area is 347 Å². The van der Waals surface area contributed by atoms with E-state index in [9.17, 15) is 0 Å². The second-order valence-corrected chi connectivity index (χ2v) is 41.5. The molecule has 0 aliphatic carbocycles. The maximum atomic E-state index is 2.57. The summed E-state index contributed by atoms with van der Waals surface area (Å²) in [5, 5.41) is 19.5. The SMILES string of the molecule is C[Si](C)(C)c1ccc2c(c1)c1cc([Si](C)(C)C)ccc1n2-c1ccc2ccc3c(-n4c5ccc([Si](C)(C)C)cc5c5cc([Si](C)(C)C)ccc54)ccc4ccc1c2c43. The maximum Gasteiger partial charge on any atom is 0.0776 e. The van der Waals surface area contributed by atoms with Crippen molar-refractivity contribution in [1.29, 1.82) is 0 Å². The van der Waals surface area contributed by atoms with Gasteiger partial charge in [-0.3, -0.25) is 0 Å². The van der Waals surface area contributed by atoms with E-state index in [0.717, 1.165) is 0 Å². The minimum Gasteiger partial charge on any atom is -0.309 e. The molecule has 0 spiro atoms. The quantitative estimate of drug-likeness (QED) is 0.117. The van der Waals surface area contributed by atoms with Gasteiger partial charge in [0.05, 0.1) is 65.7 Å². The molecule has 0 fully saturated rings. The van der Waals surface area contributed by atoms with Crippen LogP contribution in [0.2, 0.25) is 78.6 Å². The second-order valence-electron chi connectivity index (χ2n) is 21.2. The molecule has 0 unspecified atom stereocenters. The third-order valence-electron chi connectivity index (χ3n) is 13.1. The molecule has 0 saturated carbocycles. The molecule has 0 saturated heterocycles. The Bertz CT molecular complexity index is 2950. The molecule has 0 radical (unpaired) electrons. The van der Waals surface area contributed by atoms with Gasteiger partial charge < -0.3 is 9.13 Å². The molecule has 58 heavy (non-hydrogen) atoms. The van der Waals surface area contributed by atoms with Crippen molar-refractivity contribution >= 4 is 129 Å². The number of benzene rings is 8. The van der Waals surface area contributed by atoms with Crippen molar-refractivity contribution in [3.8, 4) is 11.4 Å². The summed E-state index contributed by atoms with van der Waals surface area (Å²) in [6.07, 6.45) is 0. The van der Waals surface area contributed by atoms with Gasteiger partial charge in [0.15, 0.2) is 0 Å². The Morgan fingerprint density at radius 3 is 0.793 bits per heavy atom. The average molecular weight is 821 g/mol. The van der Waals surface area contributed by atoms with Crippen molar-refractivity contribution in [2.45, 2.75) is 78.6 Å². The van der Waals surface area contributed by atoms with E-state index in [2.05, 4.69) is 209 Å². The number of nitrogens with zero attached hydrogens (tertiary/aromatic N) is 2. The largest absolute Gasteiger partial charge is 0.309 e. The molecule has 290 valence electrons. The molecule has 2 nitrogen and oxygen atoms in total. The number of fused-ring (bicyclic) bond motifs is 6. The lowest BCUT2D eigenvalue weighted by Crippen LogP contribution is -2.37. The van der Waals surface area contributed by atoms with E-state index < -0.39 is 32.3 Å². The number of aromatic nitrogens is 2. The Balaban J connectivity index is 1.27. The summed E-state index contributed by atoms with van der Waals surface area (Å²) in [5.74, 6) is 0. The predicted molar refractivity (Wildman–Crippen MR) is 271 cm³/mol. The molecule has 0 atom stereocenters. The van der Waals surface area contributed by atoms with Crippen LogP contribution in [-0.4, -0.2) is 41.4 Å². The molecule has 2 aromatic heterocycles. The monoisotopic (exact) mass is 820 g/mol. The first kappa shape index (κ1) is 37.5. The lowest BCUT2D eigenvalue weighted by atomic mass is 9.92. The van der Waals surface area contributed by atoms with Gasteiger partial charge in [0.25, 0.3) is 0 Å². The van der Waals surface area contributed by atoms with Crippen molar-refractivity contribution in [1.82, 2.24) is 9.13 Å². The van der Waals surface area contributed by atoms with Gasteiger partial charge in [0.2, 0.25) is 0 Å². The first-order valence-corrected chi connectivity index (χ1v) is 35.2. The van der Waals surface area contributed by atoms with E-state index in [0.29, 0.717) is 0 Å². The Hall–Kier alpha value is -4.73. The molecule has 0 aliphatic heterocycles. The summed E-state index contributed by atoms with van der Waals surface area (Å²) in [6.45, 7) is 29.6. The van der Waals surface area contributed by atoms with Gasteiger partial charge in [-0.15, -0.1) is 0 Å². The Morgan fingerprint density at radius 1 is 0.276 bits per heavy atom. The van der Waals surface area contributed by atoms with Crippen molar-refractivity contribution < 1.29 is 0 Å². The third-order valence-corrected chi connectivity index (χ3v) is 21.3. The predicted octanol–water partition coefficient (Wildman–Crippen LogP) is 13.0. The fourth-order valence-electron chi connectivity index (χ4n) is 9.59. The van der Waals surface area contributed by atoms with Crippen LogP contribution in [0.15, 0.2) is 121 Å². The van der Waals surface area contributed by atoms with Crippen molar-refractivity contribution in [3.05, 3.63) is 121 Å². The molecule has 6 heteroatoms. The number of hydrogen-bond acceptors (Lipinski definition) is 0. The van der Waals surface area contributed by atoms with Gasteiger partial charge in [0, 0.05) is 32.3 Å². The van der Waals surface area contributed by atoms with Crippen LogP contribution in [-0.2, 0) is 0 Å². The Morgan fingerprint density at radius 2 is 0.534 bits per heavy atom.